The molecule has 6 heteroatoms. The van der Waals surface area contributed by atoms with Gasteiger partial charge in [0.2, 0.25) is 5.91 Å². The molecule has 0 saturated heterocycles. The smallest absolute Gasteiger partial charge is 0.220 e. The maximum atomic E-state index is 11.9. The molecule has 0 unspecified atom stereocenters. The van der Waals surface area contributed by atoms with Crippen LogP contribution in [0, 0.1) is 6.92 Å². The molecule has 2 N–H and O–H groups in total. The van der Waals surface area contributed by atoms with Crippen LogP contribution in [0.25, 0.3) is 11.0 Å². The number of amides is 1. The van der Waals surface area contributed by atoms with Gasteiger partial charge in [-0.05, 0) is 49.2 Å². The number of aromatic amines is 1. The number of fused-ring (bicyclic) bond motifs is 1. The van der Waals surface area contributed by atoms with Gasteiger partial charge >= 0.3 is 0 Å². The first kappa shape index (κ1) is 18.3. The Bertz CT molecular complexity index is 859. The molecule has 0 saturated carbocycles. The van der Waals surface area contributed by atoms with Crippen LogP contribution in [0.15, 0.2) is 42.5 Å². The second-order valence-corrected chi connectivity index (χ2v) is 6.60. The highest BCUT2D eigenvalue weighted by molar-refractivity contribution is 6.30. The molecule has 1 amide bonds. The third kappa shape index (κ3) is 4.99. The van der Waals surface area contributed by atoms with Crippen molar-refractivity contribution < 1.29 is 9.53 Å². The van der Waals surface area contributed by atoms with Crippen LogP contribution in [-0.2, 0) is 11.2 Å². The van der Waals surface area contributed by atoms with Crippen molar-refractivity contribution >= 4 is 28.5 Å². The number of ether oxygens (including phenoxy) is 1. The first-order valence-electron chi connectivity index (χ1n) is 8.71. The number of aromatic nitrogens is 2. The lowest BCUT2D eigenvalue weighted by molar-refractivity contribution is -0.121. The average molecular weight is 372 g/mol. The van der Waals surface area contributed by atoms with Gasteiger partial charge in [0.15, 0.2) is 0 Å². The summed E-state index contributed by atoms with van der Waals surface area (Å²) in [5.41, 5.74) is 2.96. The molecule has 0 bridgehead atoms. The van der Waals surface area contributed by atoms with Gasteiger partial charge in [-0.25, -0.2) is 4.98 Å². The minimum Gasteiger partial charge on any atom is -0.493 e. The summed E-state index contributed by atoms with van der Waals surface area (Å²) >= 11 is 5.92. The topological polar surface area (TPSA) is 67.0 Å². The van der Waals surface area contributed by atoms with Crippen LogP contribution in [0.2, 0.25) is 5.02 Å². The van der Waals surface area contributed by atoms with E-state index in [1.165, 1.54) is 0 Å². The summed E-state index contributed by atoms with van der Waals surface area (Å²) in [6.07, 6.45) is 1.78. The van der Waals surface area contributed by atoms with Gasteiger partial charge in [0, 0.05) is 24.4 Å². The largest absolute Gasteiger partial charge is 0.493 e. The van der Waals surface area contributed by atoms with Gasteiger partial charge in [-0.3, -0.25) is 4.79 Å². The van der Waals surface area contributed by atoms with Gasteiger partial charge < -0.3 is 15.0 Å². The van der Waals surface area contributed by atoms with Crippen LogP contribution < -0.4 is 10.1 Å². The first-order valence-corrected chi connectivity index (χ1v) is 9.09. The quantitative estimate of drug-likeness (QED) is 0.587. The fraction of sp³-hybridized carbons (Fsp3) is 0.300. The molecule has 0 atom stereocenters. The highest BCUT2D eigenvalue weighted by atomic mass is 35.5. The fourth-order valence-corrected chi connectivity index (χ4v) is 2.95. The van der Waals surface area contributed by atoms with Gasteiger partial charge in [-0.1, -0.05) is 23.7 Å². The molecule has 26 heavy (non-hydrogen) atoms. The highest BCUT2D eigenvalue weighted by Crippen LogP contribution is 2.21. The molecular weight excluding hydrogens is 350 g/mol. The molecule has 0 radical (unpaired) electrons. The lowest BCUT2D eigenvalue weighted by Crippen LogP contribution is -2.26. The van der Waals surface area contributed by atoms with Crippen LogP contribution in [-0.4, -0.2) is 29.0 Å². The van der Waals surface area contributed by atoms with Gasteiger partial charge in [-0.15, -0.1) is 0 Å². The number of rotatable bonds is 8. The number of nitrogens with one attached hydrogen (secondary N) is 2. The maximum absolute atomic E-state index is 11.9. The molecule has 0 aliphatic heterocycles. The SMILES string of the molecule is Cc1cc(Cl)ccc1OCCCC(=O)NCCc1nc2ccccc2[nH]1. The zero-order chi connectivity index (χ0) is 18.4. The van der Waals surface area contributed by atoms with Crippen LogP contribution >= 0.6 is 11.6 Å². The second-order valence-electron chi connectivity index (χ2n) is 6.16. The van der Waals surface area contributed by atoms with Crippen LogP contribution in [0.3, 0.4) is 0 Å². The van der Waals surface area contributed by atoms with Gasteiger partial charge in [0.25, 0.3) is 0 Å². The Hall–Kier alpha value is -2.53. The number of carbonyl (C=O) groups is 1. The zero-order valence-corrected chi connectivity index (χ0v) is 15.5. The molecule has 1 heterocycles. The summed E-state index contributed by atoms with van der Waals surface area (Å²) in [7, 11) is 0. The van der Waals surface area contributed by atoms with E-state index in [2.05, 4.69) is 15.3 Å². The minimum absolute atomic E-state index is 0.0255. The molecule has 2 aromatic carbocycles. The normalized spacial score (nSPS) is 10.8. The molecule has 3 rings (SSSR count). The van der Waals surface area contributed by atoms with Crippen molar-refractivity contribution in [1.29, 1.82) is 0 Å². The summed E-state index contributed by atoms with van der Waals surface area (Å²) in [6, 6.07) is 13.4. The predicted molar refractivity (Wildman–Crippen MR) is 104 cm³/mol. The van der Waals surface area contributed by atoms with Crippen LogP contribution in [0.4, 0.5) is 0 Å². The number of H-pyrrole nitrogens is 1. The predicted octanol–water partition coefficient (Wildman–Crippen LogP) is 4.04. The third-order valence-corrected chi connectivity index (χ3v) is 4.30. The molecule has 0 aliphatic rings. The molecule has 1 aromatic heterocycles. The number of aryl methyl sites for hydroxylation is 1. The van der Waals surface area contributed by atoms with E-state index < -0.39 is 0 Å². The van der Waals surface area contributed by atoms with Crippen molar-refractivity contribution in [3.05, 3.63) is 58.9 Å². The van der Waals surface area contributed by atoms with Crippen molar-refractivity contribution in [2.24, 2.45) is 0 Å². The van der Waals surface area contributed by atoms with Gasteiger partial charge in [0.1, 0.15) is 11.6 Å². The number of hydrogen-bond acceptors (Lipinski definition) is 3. The number of imidazole rings is 1. The van der Waals surface area contributed by atoms with E-state index in [1.54, 1.807) is 6.07 Å². The van der Waals surface area contributed by atoms with E-state index in [9.17, 15) is 4.79 Å². The Morgan fingerprint density at radius 2 is 2.12 bits per heavy atom. The van der Waals surface area contributed by atoms with Crippen LogP contribution in [0.5, 0.6) is 5.75 Å². The number of nitrogens with zero attached hydrogens (tertiary/aromatic N) is 1. The summed E-state index contributed by atoms with van der Waals surface area (Å²) < 4.78 is 5.70. The number of carbonyl (C=O) groups excluding carboxylic acids is 1. The lowest BCUT2D eigenvalue weighted by Gasteiger charge is -2.09. The summed E-state index contributed by atoms with van der Waals surface area (Å²) in [5.74, 6) is 1.71. The van der Waals surface area contributed by atoms with Crippen molar-refractivity contribution in [3.63, 3.8) is 0 Å². The Labute approximate surface area is 157 Å². The minimum atomic E-state index is 0.0255. The molecule has 3 aromatic rings. The fourth-order valence-electron chi connectivity index (χ4n) is 2.72. The lowest BCUT2D eigenvalue weighted by atomic mass is 10.2. The number of benzene rings is 2. The number of halogens is 1. The molecule has 136 valence electrons. The van der Waals surface area contributed by atoms with Gasteiger partial charge in [0.05, 0.1) is 17.6 Å². The number of hydrogen-bond donors (Lipinski definition) is 2. The Morgan fingerprint density at radius 1 is 1.27 bits per heavy atom. The Kier molecular flexibility index (Phi) is 6.12. The summed E-state index contributed by atoms with van der Waals surface area (Å²) in [6.45, 7) is 3.02. The number of para-hydroxylation sites is 2. The molecule has 0 fully saturated rings. The molecule has 5 nitrogen and oxygen atoms in total. The van der Waals surface area contributed by atoms with E-state index in [1.807, 2.05) is 43.3 Å². The Morgan fingerprint density at radius 3 is 2.92 bits per heavy atom. The van der Waals surface area contributed by atoms with E-state index in [0.717, 1.165) is 28.2 Å². The molecule has 0 spiro atoms. The van der Waals surface area contributed by atoms with Gasteiger partial charge in [-0.2, -0.15) is 0 Å². The van der Waals surface area contributed by atoms with E-state index in [4.69, 9.17) is 16.3 Å². The van der Waals surface area contributed by atoms with E-state index in [0.29, 0.717) is 37.4 Å². The maximum Gasteiger partial charge on any atom is 0.220 e. The standard InChI is InChI=1S/C20H22ClN3O2/c1-14-13-15(21)8-9-18(14)26-12-4-7-20(25)22-11-10-19-23-16-5-2-3-6-17(16)24-19/h2-3,5-6,8-9,13H,4,7,10-12H2,1H3,(H,22,25)(H,23,24). The van der Waals surface area contributed by atoms with E-state index >= 15 is 0 Å². The van der Waals surface area contributed by atoms with Crippen molar-refractivity contribution in [2.75, 3.05) is 13.2 Å². The average Bonchev–Trinajstić information content (AvgIpc) is 3.03. The summed E-state index contributed by atoms with van der Waals surface area (Å²) in [4.78, 5) is 19.7. The third-order valence-electron chi connectivity index (χ3n) is 4.07. The van der Waals surface area contributed by atoms with E-state index in [-0.39, 0.29) is 5.91 Å². The van der Waals surface area contributed by atoms with Crippen LogP contribution in [0.1, 0.15) is 24.2 Å². The molecular formula is C20H22ClN3O2. The zero-order valence-electron chi connectivity index (χ0n) is 14.7. The highest BCUT2D eigenvalue weighted by Gasteiger charge is 2.05. The van der Waals surface area contributed by atoms with Crippen molar-refractivity contribution in [1.82, 2.24) is 15.3 Å². The monoisotopic (exact) mass is 371 g/mol. The van der Waals surface area contributed by atoms with Crippen molar-refractivity contribution in [3.8, 4) is 5.75 Å². The molecule has 0 aliphatic carbocycles. The van der Waals surface area contributed by atoms with Crippen molar-refractivity contribution in [2.45, 2.75) is 26.2 Å². The first-order chi connectivity index (χ1) is 12.6. The second kappa shape index (κ2) is 8.72. The summed E-state index contributed by atoms with van der Waals surface area (Å²) in [5, 5.41) is 3.61. The Balaban J connectivity index is 1.34.